The maximum atomic E-state index is 10.6. The molecule has 74 valence electrons. The van der Waals surface area contributed by atoms with Crippen LogP contribution >= 0.6 is 11.3 Å². The van der Waals surface area contributed by atoms with Gasteiger partial charge in [-0.1, -0.05) is 13.8 Å². The van der Waals surface area contributed by atoms with E-state index in [1.165, 1.54) is 11.3 Å². The molecule has 3 nitrogen and oxygen atoms in total. The smallest absolute Gasteiger partial charge is 0.348 e. The normalized spacial score (nSPS) is 8.62. The van der Waals surface area contributed by atoms with Gasteiger partial charge in [0.25, 0.3) is 0 Å². The predicted octanol–water partition coefficient (Wildman–Crippen LogP) is 2.82. The third-order valence-electron chi connectivity index (χ3n) is 1.32. The molecular formula is C9H15NO2S. The van der Waals surface area contributed by atoms with Crippen molar-refractivity contribution in [1.82, 2.24) is 0 Å². The maximum absolute atomic E-state index is 10.6. The second-order valence-electron chi connectivity index (χ2n) is 2.16. The van der Waals surface area contributed by atoms with Crippen LogP contribution in [0.2, 0.25) is 0 Å². The molecule has 0 radical (unpaired) electrons. The first-order valence-electron chi connectivity index (χ1n) is 4.16. The van der Waals surface area contributed by atoms with Crippen molar-refractivity contribution in [1.29, 1.82) is 0 Å². The summed E-state index contributed by atoms with van der Waals surface area (Å²) in [5, 5.41) is 11.5. The van der Waals surface area contributed by atoms with Gasteiger partial charge in [0.15, 0.2) is 0 Å². The molecule has 2 N–H and O–H groups in total. The van der Waals surface area contributed by atoms with Crippen molar-refractivity contribution in [3.05, 3.63) is 15.8 Å². The Bertz CT molecular complexity index is 281. The van der Waals surface area contributed by atoms with Crippen molar-refractivity contribution in [2.24, 2.45) is 0 Å². The van der Waals surface area contributed by atoms with E-state index in [0.717, 1.165) is 4.88 Å². The van der Waals surface area contributed by atoms with E-state index in [1.807, 2.05) is 26.8 Å². The molecule has 0 atom stereocenters. The second kappa shape index (κ2) is 5.59. The van der Waals surface area contributed by atoms with Crippen LogP contribution in [0.15, 0.2) is 6.07 Å². The Hall–Kier alpha value is -1.03. The van der Waals surface area contributed by atoms with E-state index in [4.69, 9.17) is 5.11 Å². The number of carbonyl (C=O) groups is 1. The van der Waals surface area contributed by atoms with Crippen LogP contribution in [0.25, 0.3) is 0 Å². The van der Waals surface area contributed by atoms with Crippen LogP contribution in [-0.2, 0) is 0 Å². The van der Waals surface area contributed by atoms with Gasteiger partial charge < -0.3 is 10.4 Å². The third-order valence-corrected chi connectivity index (χ3v) is 2.36. The van der Waals surface area contributed by atoms with Gasteiger partial charge in [0.1, 0.15) is 4.88 Å². The number of hydrogen-bond acceptors (Lipinski definition) is 3. The lowest BCUT2D eigenvalue weighted by atomic mass is 10.3. The summed E-state index contributed by atoms with van der Waals surface area (Å²) < 4.78 is 0. The fraction of sp³-hybridized carbons (Fsp3) is 0.444. The fourth-order valence-electron chi connectivity index (χ4n) is 0.859. The van der Waals surface area contributed by atoms with Crippen LogP contribution < -0.4 is 5.32 Å². The zero-order valence-electron chi connectivity index (χ0n) is 8.34. The van der Waals surface area contributed by atoms with Gasteiger partial charge in [-0.15, -0.1) is 11.3 Å². The number of aromatic carboxylic acids is 1. The Balaban J connectivity index is 0.000000671. The highest BCUT2D eigenvalue weighted by Gasteiger charge is 2.11. The second-order valence-corrected chi connectivity index (χ2v) is 3.41. The van der Waals surface area contributed by atoms with Crippen LogP contribution in [-0.4, -0.2) is 18.1 Å². The summed E-state index contributed by atoms with van der Waals surface area (Å²) in [4.78, 5) is 12.0. The SMILES string of the molecule is CC.CNc1cc(C)sc1C(=O)O. The van der Waals surface area contributed by atoms with Gasteiger partial charge in [-0.05, 0) is 13.0 Å². The molecule has 1 heterocycles. The molecule has 0 saturated carbocycles. The highest BCUT2D eigenvalue weighted by Crippen LogP contribution is 2.25. The molecule has 1 rings (SSSR count). The van der Waals surface area contributed by atoms with Gasteiger partial charge in [0.2, 0.25) is 0 Å². The van der Waals surface area contributed by atoms with Gasteiger partial charge >= 0.3 is 5.97 Å². The molecule has 0 aromatic carbocycles. The Morgan fingerprint density at radius 2 is 2.08 bits per heavy atom. The lowest BCUT2D eigenvalue weighted by Crippen LogP contribution is -1.97. The van der Waals surface area contributed by atoms with Crippen LogP contribution in [0.3, 0.4) is 0 Å². The van der Waals surface area contributed by atoms with E-state index in [-0.39, 0.29) is 0 Å². The summed E-state index contributed by atoms with van der Waals surface area (Å²) in [7, 11) is 1.72. The lowest BCUT2D eigenvalue weighted by Gasteiger charge is -1.94. The quantitative estimate of drug-likeness (QED) is 0.773. The average Bonchev–Trinajstić information content (AvgIpc) is 2.50. The molecule has 0 unspecified atom stereocenters. The zero-order chi connectivity index (χ0) is 10.4. The van der Waals surface area contributed by atoms with Crippen molar-refractivity contribution in [2.75, 3.05) is 12.4 Å². The number of carboxylic acids is 1. The number of nitrogens with one attached hydrogen (secondary N) is 1. The first-order valence-corrected chi connectivity index (χ1v) is 4.98. The molecule has 0 fully saturated rings. The molecule has 1 aromatic heterocycles. The number of rotatable bonds is 2. The van der Waals surface area contributed by atoms with Crippen LogP contribution in [0, 0.1) is 6.92 Å². The molecule has 0 aliphatic heterocycles. The largest absolute Gasteiger partial charge is 0.477 e. The Labute approximate surface area is 82.4 Å². The van der Waals surface area contributed by atoms with Crippen molar-refractivity contribution in [3.8, 4) is 0 Å². The van der Waals surface area contributed by atoms with Gasteiger partial charge in [0.05, 0.1) is 5.69 Å². The minimum Gasteiger partial charge on any atom is -0.477 e. The van der Waals surface area contributed by atoms with E-state index < -0.39 is 5.97 Å². The fourth-order valence-corrected chi connectivity index (χ4v) is 1.72. The first kappa shape index (κ1) is 12.0. The van der Waals surface area contributed by atoms with Crippen molar-refractivity contribution in [2.45, 2.75) is 20.8 Å². The number of carboxylic acid groups (broad SMARTS) is 1. The summed E-state index contributed by atoms with van der Waals surface area (Å²) >= 11 is 1.28. The van der Waals surface area contributed by atoms with Gasteiger partial charge in [-0.3, -0.25) is 0 Å². The molecule has 4 heteroatoms. The van der Waals surface area contributed by atoms with Crippen molar-refractivity contribution >= 4 is 23.0 Å². The summed E-state index contributed by atoms with van der Waals surface area (Å²) in [5.74, 6) is -0.868. The summed E-state index contributed by atoms with van der Waals surface area (Å²) in [6.45, 7) is 5.89. The van der Waals surface area contributed by atoms with Crippen LogP contribution in [0.4, 0.5) is 5.69 Å². The Kier molecular flexibility index (Phi) is 5.14. The molecule has 1 aromatic rings. The third kappa shape index (κ3) is 3.06. The van der Waals surface area contributed by atoms with Crippen LogP contribution in [0.5, 0.6) is 0 Å². The van der Waals surface area contributed by atoms with E-state index >= 15 is 0 Å². The Morgan fingerprint density at radius 3 is 2.38 bits per heavy atom. The molecule has 0 amide bonds. The minimum atomic E-state index is -0.868. The molecule has 0 aliphatic carbocycles. The van der Waals surface area contributed by atoms with Crippen molar-refractivity contribution < 1.29 is 9.90 Å². The molecular weight excluding hydrogens is 186 g/mol. The minimum absolute atomic E-state index is 0.380. The average molecular weight is 201 g/mol. The molecule has 0 saturated heterocycles. The van der Waals surface area contributed by atoms with Crippen LogP contribution in [0.1, 0.15) is 28.4 Å². The number of hydrogen-bond donors (Lipinski definition) is 2. The number of thiophene rings is 1. The monoisotopic (exact) mass is 201 g/mol. The number of anilines is 1. The number of aryl methyl sites for hydroxylation is 1. The van der Waals surface area contributed by atoms with Crippen molar-refractivity contribution in [3.63, 3.8) is 0 Å². The van der Waals surface area contributed by atoms with E-state index in [0.29, 0.717) is 10.6 Å². The molecule has 13 heavy (non-hydrogen) atoms. The Morgan fingerprint density at radius 1 is 1.54 bits per heavy atom. The lowest BCUT2D eigenvalue weighted by molar-refractivity contribution is 0.0703. The predicted molar refractivity (Wildman–Crippen MR) is 56.9 cm³/mol. The first-order chi connectivity index (χ1) is 6.15. The van der Waals surface area contributed by atoms with Gasteiger partial charge in [-0.25, -0.2) is 4.79 Å². The van der Waals surface area contributed by atoms with E-state index in [9.17, 15) is 4.79 Å². The zero-order valence-corrected chi connectivity index (χ0v) is 9.16. The topological polar surface area (TPSA) is 49.3 Å². The summed E-state index contributed by atoms with van der Waals surface area (Å²) in [5.41, 5.74) is 0.694. The van der Waals surface area contributed by atoms with Gasteiger partial charge in [0, 0.05) is 11.9 Å². The molecule has 0 spiro atoms. The maximum Gasteiger partial charge on any atom is 0.348 e. The van der Waals surface area contributed by atoms with E-state index in [1.54, 1.807) is 7.05 Å². The van der Waals surface area contributed by atoms with E-state index in [2.05, 4.69) is 5.32 Å². The molecule has 0 aliphatic rings. The molecule has 0 bridgehead atoms. The highest BCUT2D eigenvalue weighted by atomic mass is 32.1. The highest BCUT2D eigenvalue weighted by molar-refractivity contribution is 7.14. The standard InChI is InChI=1S/C7H9NO2S.C2H6/c1-4-3-5(8-2)6(11-4)7(9)10;1-2/h3,8H,1-2H3,(H,9,10);1-2H3. The summed E-state index contributed by atoms with van der Waals surface area (Å²) in [6.07, 6.45) is 0. The van der Waals surface area contributed by atoms with Gasteiger partial charge in [-0.2, -0.15) is 0 Å². The summed E-state index contributed by atoms with van der Waals surface area (Å²) in [6, 6.07) is 1.83.